The van der Waals surface area contributed by atoms with Crippen LogP contribution in [0.5, 0.6) is 0 Å². The maximum atomic E-state index is 12.8. The minimum absolute atomic E-state index is 0.0227. The number of allylic oxidation sites excluding steroid dienone is 3. The number of ketones is 1. The van der Waals surface area contributed by atoms with Crippen LogP contribution >= 0.6 is 0 Å². The van der Waals surface area contributed by atoms with Crippen molar-refractivity contribution in [1.82, 2.24) is 0 Å². The average Bonchev–Trinajstić information content (AvgIpc) is 2.41. The van der Waals surface area contributed by atoms with E-state index < -0.39 is 0 Å². The lowest BCUT2D eigenvalue weighted by Gasteiger charge is -2.58. The molecule has 3 rings (SSSR count). The molecular weight excluding hydrogens is 256 g/mol. The Balaban J connectivity index is 2.05. The van der Waals surface area contributed by atoms with Crippen molar-refractivity contribution in [3.05, 3.63) is 24.3 Å². The van der Waals surface area contributed by atoms with Gasteiger partial charge < -0.3 is 0 Å². The molecule has 21 heavy (non-hydrogen) atoms. The van der Waals surface area contributed by atoms with Crippen LogP contribution in [0.2, 0.25) is 0 Å². The van der Waals surface area contributed by atoms with Crippen LogP contribution in [-0.2, 0) is 4.79 Å². The molecule has 0 radical (unpaired) electrons. The molecule has 1 nitrogen and oxygen atoms in total. The molecular formula is C20H30O. The molecule has 0 N–H and O–H groups in total. The number of hydrogen-bond donors (Lipinski definition) is 0. The second kappa shape index (κ2) is 4.57. The standard InChI is InChI=1S/C20H30O/c1-6-19(4)11-8-15-14(13-19)16(21)12-17-18(2,3)9-7-10-20(15,17)5/h6,13,15,17H,1,7-12H2,2-5H3/t15-,17-,19+,20+/m0/s1. The molecule has 0 aromatic heterocycles. The Morgan fingerprint density at radius 2 is 1.90 bits per heavy atom. The van der Waals surface area contributed by atoms with E-state index in [0.717, 1.165) is 24.8 Å². The summed E-state index contributed by atoms with van der Waals surface area (Å²) in [6.07, 6.45) is 11.2. The summed E-state index contributed by atoms with van der Waals surface area (Å²) in [5.41, 5.74) is 1.80. The summed E-state index contributed by atoms with van der Waals surface area (Å²) < 4.78 is 0. The number of Topliss-reactive ketones (excluding diaryl/α,β-unsaturated/α-hetero) is 1. The molecule has 0 heterocycles. The van der Waals surface area contributed by atoms with Crippen LogP contribution in [0.4, 0.5) is 0 Å². The first-order valence-corrected chi connectivity index (χ1v) is 8.61. The Labute approximate surface area is 129 Å². The largest absolute Gasteiger partial charge is 0.295 e. The van der Waals surface area contributed by atoms with Crippen molar-refractivity contribution in [2.45, 2.75) is 66.2 Å². The van der Waals surface area contributed by atoms with E-state index in [-0.39, 0.29) is 5.41 Å². The summed E-state index contributed by atoms with van der Waals surface area (Å²) in [4.78, 5) is 12.8. The summed E-state index contributed by atoms with van der Waals surface area (Å²) in [5, 5.41) is 0. The molecule has 0 aromatic carbocycles. The summed E-state index contributed by atoms with van der Waals surface area (Å²) in [6.45, 7) is 13.4. The molecule has 0 bridgehead atoms. The van der Waals surface area contributed by atoms with Crippen LogP contribution in [0.1, 0.15) is 66.2 Å². The zero-order valence-electron chi connectivity index (χ0n) is 14.2. The van der Waals surface area contributed by atoms with Gasteiger partial charge in [0.05, 0.1) is 0 Å². The Hall–Kier alpha value is -0.850. The van der Waals surface area contributed by atoms with E-state index >= 15 is 0 Å². The Morgan fingerprint density at radius 3 is 2.57 bits per heavy atom. The SMILES string of the molecule is C=C[C@@]1(C)C=C2C(=O)C[C@H]3C(C)(C)CCC[C@]3(C)[C@H]2CC1. The van der Waals surface area contributed by atoms with Crippen LogP contribution in [0.3, 0.4) is 0 Å². The van der Waals surface area contributed by atoms with E-state index in [1.165, 1.54) is 19.3 Å². The summed E-state index contributed by atoms with van der Waals surface area (Å²) in [7, 11) is 0. The van der Waals surface area contributed by atoms with E-state index in [1.807, 2.05) is 6.08 Å². The quantitative estimate of drug-likeness (QED) is 0.596. The van der Waals surface area contributed by atoms with Crippen molar-refractivity contribution < 1.29 is 4.79 Å². The molecule has 0 aliphatic heterocycles. The van der Waals surface area contributed by atoms with E-state index in [4.69, 9.17) is 0 Å². The zero-order chi connectivity index (χ0) is 15.5. The Morgan fingerprint density at radius 1 is 1.19 bits per heavy atom. The van der Waals surface area contributed by atoms with Gasteiger partial charge in [0.15, 0.2) is 5.78 Å². The molecule has 0 unspecified atom stereocenters. The van der Waals surface area contributed by atoms with Crippen LogP contribution in [0, 0.1) is 28.1 Å². The predicted octanol–water partition coefficient (Wildman–Crippen LogP) is 5.32. The van der Waals surface area contributed by atoms with Gasteiger partial charge in [-0.2, -0.15) is 0 Å². The molecule has 2 saturated carbocycles. The topological polar surface area (TPSA) is 17.1 Å². The average molecular weight is 286 g/mol. The zero-order valence-corrected chi connectivity index (χ0v) is 14.2. The molecule has 2 fully saturated rings. The van der Waals surface area contributed by atoms with Crippen LogP contribution in [-0.4, -0.2) is 5.78 Å². The van der Waals surface area contributed by atoms with Crippen LogP contribution < -0.4 is 0 Å². The minimum atomic E-state index is 0.0227. The molecule has 0 spiro atoms. The van der Waals surface area contributed by atoms with Gasteiger partial charge in [0.25, 0.3) is 0 Å². The lowest BCUT2D eigenvalue weighted by atomic mass is 9.45. The van der Waals surface area contributed by atoms with Gasteiger partial charge in [-0.05, 0) is 53.9 Å². The maximum Gasteiger partial charge on any atom is 0.159 e. The fourth-order valence-electron chi connectivity index (χ4n) is 5.66. The molecule has 3 aliphatic carbocycles. The van der Waals surface area contributed by atoms with Gasteiger partial charge in [-0.25, -0.2) is 0 Å². The van der Waals surface area contributed by atoms with Crippen molar-refractivity contribution in [2.75, 3.05) is 0 Å². The lowest BCUT2D eigenvalue weighted by Crippen LogP contribution is -2.53. The monoisotopic (exact) mass is 286 g/mol. The number of hydrogen-bond acceptors (Lipinski definition) is 1. The lowest BCUT2D eigenvalue weighted by molar-refractivity contribution is -0.131. The molecule has 0 saturated heterocycles. The molecule has 3 aliphatic rings. The fraction of sp³-hybridized carbons (Fsp3) is 0.750. The highest BCUT2D eigenvalue weighted by Gasteiger charge is 2.56. The summed E-state index contributed by atoms with van der Waals surface area (Å²) >= 11 is 0. The maximum absolute atomic E-state index is 12.8. The first-order valence-electron chi connectivity index (χ1n) is 8.61. The first-order chi connectivity index (χ1) is 9.72. The van der Waals surface area contributed by atoms with Crippen molar-refractivity contribution in [2.24, 2.45) is 28.1 Å². The van der Waals surface area contributed by atoms with Crippen molar-refractivity contribution in [3.8, 4) is 0 Å². The van der Waals surface area contributed by atoms with Crippen molar-refractivity contribution >= 4 is 5.78 Å². The van der Waals surface area contributed by atoms with Gasteiger partial charge in [0.2, 0.25) is 0 Å². The molecule has 0 amide bonds. The number of fused-ring (bicyclic) bond motifs is 3. The van der Waals surface area contributed by atoms with Gasteiger partial charge in [0, 0.05) is 11.8 Å². The third kappa shape index (κ3) is 2.15. The highest BCUT2D eigenvalue weighted by molar-refractivity contribution is 5.97. The van der Waals surface area contributed by atoms with E-state index in [0.29, 0.717) is 28.4 Å². The fourth-order valence-corrected chi connectivity index (χ4v) is 5.66. The minimum Gasteiger partial charge on any atom is -0.295 e. The first kappa shape index (κ1) is 15.1. The predicted molar refractivity (Wildman–Crippen MR) is 88.0 cm³/mol. The summed E-state index contributed by atoms with van der Waals surface area (Å²) in [6, 6.07) is 0. The van der Waals surface area contributed by atoms with Crippen LogP contribution in [0.15, 0.2) is 24.3 Å². The van der Waals surface area contributed by atoms with Gasteiger partial charge in [-0.15, -0.1) is 6.58 Å². The van der Waals surface area contributed by atoms with Crippen molar-refractivity contribution in [1.29, 1.82) is 0 Å². The highest BCUT2D eigenvalue weighted by Crippen LogP contribution is 2.62. The Kier molecular flexibility index (Phi) is 3.28. The Bertz CT molecular complexity index is 512. The van der Waals surface area contributed by atoms with Crippen molar-refractivity contribution in [3.63, 3.8) is 0 Å². The number of rotatable bonds is 1. The summed E-state index contributed by atoms with van der Waals surface area (Å²) in [5.74, 6) is 1.46. The van der Waals surface area contributed by atoms with Crippen LogP contribution in [0.25, 0.3) is 0 Å². The normalized spacial score (nSPS) is 45.3. The van der Waals surface area contributed by atoms with E-state index in [2.05, 4.69) is 40.3 Å². The molecule has 0 aromatic rings. The number of carbonyl (C=O) groups excluding carboxylic acids is 1. The van der Waals surface area contributed by atoms with E-state index in [9.17, 15) is 4.79 Å². The van der Waals surface area contributed by atoms with E-state index in [1.54, 1.807) is 0 Å². The second-order valence-corrected chi connectivity index (χ2v) is 8.93. The third-order valence-corrected chi connectivity index (χ3v) is 7.08. The highest BCUT2D eigenvalue weighted by atomic mass is 16.1. The third-order valence-electron chi connectivity index (χ3n) is 7.08. The van der Waals surface area contributed by atoms with Gasteiger partial charge >= 0.3 is 0 Å². The van der Waals surface area contributed by atoms with Gasteiger partial charge in [0.1, 0.15) is 0 Å². The van der Waals surface area contributed by atoms with Gasteiger partial charge in [-0.3, -0.25) is 4.79 Å². The molecule has 4 atom stereocenters. The smallest absolute Gasteiger partial charge is 0.159 e. The van der Waals surface area contributed by atoms with Gasteiger partial charge in [-0.1, -0.05) is 46.3 Å². The number of carbonyl (C=O) groups is 1. The molecule has 1 heteroatoms. The second-order valence-electron chi connectivity index (χ2n) is 8.93. The molecule has 116 valence electrons.